The molecular formula is C18H21N3O2. The fourth-order valence-electron chi connectivity index (χ4n) is 3.83. The first kappa shape index (κ1) is 14.5. The van der Waals surface area contributed by atoms with Crippen molar-refractivity contribution in [3.63, 3.8) is 0 Å². The number of aryl methyl sites for hydroxylation is 2. The Hall–Kier alpha value is -2.14. The molecule has 5 nitrogen and oxygen atoms in total. The Bertz CT molecular complexity index is 853. The summed E-state index contributed by atoms with van der Waals surface area (Å²) in [6.07, 6.45) is 3.66. The highest BCUT2D eigenvalue weighted by atomic mass is 16.2. The van der Waals surface area contributed by atoms with Crippen molar-refractivity contribution in [1.29, 1.82) is 0 Å². The van der Waals surface area contributed by atoms with E-state index in [1.165, 1.54) is 5.56 Å². The van der Waals surface area contributed by atoms with Gasteiger partial charge in [-0.15, -0.1) is 0 Å². The third-order valence-corrected chi connectivity index (χ3v) is 5.21. The van der Waals surface area contributed by atoms with E-state index in [0.29, 0.717) is 23.5 Å². The number of aromatic nitrogens is 1. The zero-order valence-electron chi connectivity index (χ0n) is 13.6. The first-order valence-electron chi connectivity index (χ1n) is 8.17. The number of carbonyl (C=O) groups is 1. The van der Waals surface area contributed by atoms with Crippen molar-refractivity contribution in [2.45, 2.75) is 25.4 Å². The largest absolute Gasteiger partial charge is 0.346 e. The molecule has 5 heteroatoms. The van der Waals surface area contributed by atoms with Gasteiger partial charge in [0.05, 0.1) is 5.52 Å². The molecule has 2 aliphatic rings. The van der Waals surface area contributed by atoms with E-state index in [0.717, 1.165) is 31.4 Å². The van der Waals surface area contributed by atoms with Crippen molar-refractivity contribution >= 4 is 16.8 Å². The van der Waals surface area contributed by atoms with Crippen LogP contribution < -0.4 is 5.43 Å². The topological polar surface area (TPSA) is 45.5 Å². The number of likely N-dealkylation sites (tertiary alicyclic amines) is 1. The van der Waals surface area contributed by atoms with Crippen LogP contribution in [0.2, 0.25) is 0 Å². The molecule has 2 aliphatic heterocycles. The van der Waals surface area contributed by atoms with E-state index in [-0.39, 0.29) is 11.3 Å². The van der Waals surface area contributed by atoms with Crippen LogP contribution in [0, 0.1) is 0 Å². The summed E-state index contributed by atoms with van der Waals surface area (Å²) in [6, 6.07) is 6.20. The highest BCUT2D eigenvalue weighted by molar-refractivity contribution is 5.98. The summed E-state index contributed by atoms with van der Waals surface area (Å²) < 4.78 is 2.07. The average molecular weight is 311 g/mol. The quantitative estimate of drug-likeness (QED) is 0.841. The number of benzene rings is 1. The number of hydrogen-bond acceptors (Lipinski definition) is 3. The zero-order chi connectivity index (χ0) is 16.1. The number of pyridine rings is 1. The molecule has 0 spiro atoms. The maximum atomic E-state index is 12.9. The third-order valence-electron chi connectivity index (χ3n) is 5.21. The normalized spacial score (nSPS) is 20.0. The van der Waals surface area contributed by atoms with Crippen LogP contribution in [0.5, 0.6) is 0 Å². The molecule has 0 unspecified atom stereocenters. The predicted octanol–water partition coefficient (Wildman–Crippen LogP) is 1.33. The molecule has 1 amide bonds. The van der Waals surface area contributed by atoms with Crippen LogP contribution in [0.3, 0.4) is 0 Å². The Labute approximate surface area is 135 Å². The van der Waals surface area contributed by atoms with Gasteiger partial charge in [-0.25, -0.2) is 0 Å². The van der Waals surface area contributed by atoms with Crippen LogP contribution in [0.4, 0.5) is 0 Å². The minimum Gasteiger partial charge on any atom is -0.346 e. The van der Waals surface area contributed by atoms with E-state index in [1.54, 1.807) is 6.20 Å². The molecule has 1 atom stereocenters. The van der Waals surface area contributed by atoms with E-state index < -0.39 is 0 Å². The molecule has 4 rings (SSSR count). The number of hydrogen-bond donors (Lipinski definition) is 0. The number of amides is 1. The van der Waals surface area contributed by atoms with Crippen molar-refractivity contribution in [1.82, 2.24) is 14.4 Å². The number of rotatable bonds is 2. The highest BCUT2D eigenvalue weighted by Gasteiger charge is 2.30. The molecule has 2 aromatic rings. The van der Waals surface area contributed by atoms with E-state index in [1.807, 2.05) is 31.1 Å². The first-order valence-corrected chi connectivity index (χ1v) is 8.17. The molecule has 1 fully saturated rings. The molecular weight excluding hydrogens is 290 g/mol. The summed E-state index contributed by atoms with van der Waals surface area (Å²) >= 11 is 0. The van der Waals surface area contributed by atoms with Gasteiger partial charge in [0.2, 0.25) is 5.43 Å². The van der Waals surface area contributed by atoms with Crippen LogP contribution in [0.25, 0.3) is 10.9 Å². The summed E-state index contributed by atoms with van der Waals surface area (Å²) in [5.41, 5.74) is 2.39. The van der Waals surface area contributed by atoms with Crippen LogP contribution >= 0.6 is 0 Å². The van der Waals surface area contributed by atoms with Crippen molar-refractivity contribution in [3.05, 3.63) is 45.7 Å². The maximum absolute atomic E-state index is 12.9. The van der Waals surface area contributed by atoms with E-state index in [4.69, 9.17) is 0 Å². The van der Waals surface area contributed by atoms with Gasteiger partial charge in [0, 0.05) is 37.3 Å². The second-order valence-electron chi connectivity index (χ2n) is 6.79. The van der Waals surface area contributed by atoms with Crippen LogP contribution in [0.15, 0.2) is 29.2 Å². The van der Waals surface area contributed by atoms with E-state index >= 15 is 0 Å². The van der Waals surface area contributed by atoms with E-state index in [9.17, 15) is 9.59 Å². The van der Waals surface area contributed by atoms with E-state index in [2.05, 4.69) is 15.5 Å². The van der Waals surface area contributed by atoms with Gasteiger partial charge in [-0.2, -0.15) is 0 Å². The van der Waals surface area contributed by atoms with Gasteiger partial charge in [-0.1, -0.05) is 12.1 Å². The lowest BCUT2D eigenvalue weighted by Gasteiger charge is -2.20. The monoisotopic (exact) mass is 311 g/mol. The minimum atomic E-state index is -0.127. The average Bonchev–Trinajstić information content (AvgIpc) is 3.18. The summed E-state index contributed by atoms with van der Waals surface area (Å²) in [7, 11) is 4.07. The van der Waals surface area contributed by atoms with Gasteiger partial charge in [0.25, 0.3) is 5.91 Å². The number of carbonyl (C=O) groups excluding carboxylic acids is 1. The summed E-state index contributed by atoms with van der Waals surface area (Å²) in [4.78, 5) is 29.6. The van der Waals surface area contributed by atoms with Gasteiger partial charge < -0.3 is 14.4 Å². The smallest absolute Gasteiger partial charge is 0.259 e. The minimum absolute atomic E-state index is 0.123. The molecule has 0 saturated carbocycles. The van der Waals surface area contributed by atoms with Crippen LogP contribution in [0.1, 0.15) is 22.3 Å². The molecule has 1 aromatic heterocycles. The Morgan fingerprint density at radius 3 is 2.83 bits per heavy atom. The van der Waals surface area contributed by atoms with Gasteiger partial charge in [-0.05, 0) is 38.6 Å². The lowest BCUT2D eigenvalue weighted by atomic mass is 10.1. The standard InChI is InChI=1S/C18H21N3O2/c1-19(2)13-7-9-21(10-13)18(23)15-11-20-8-6-12-4-3-5-14(16(12)20)17(15)22/h3-5,11,13H,6-10H2,1-2H3/t13-/m0/s1. The van der Waals surface area contributed by atoms with Crippen LogP contribution in [-0.2, 0) is 13.0 Å². The molecule has 0 N–H and O–H groups in total. The Morgan fingerprint density at radius 1 is 1.26 bits per heavy atom. The maximum Gasteiger partial charge on any atom is 0.259 e. The van der Waals surface area contributed by atoms with Gasteiger partial charge in [0.15, 0.2) is 0 Å². The Morgan fingerprint density at radius 2 is 2.09 bits per heavy atom. The second-order valence-corrected chi connectivity index (χ2v) is 6.79. The Kier molecular flexibility index (Phi) is 3.27. The number of para-hydroxylation sites is 1. The molecule has 120 valence electrons. The summed E-state index contributed by atoms with van der Waals surface area (Å²) in [5, 5.41) is 0.675. The van der Waals surface area contributed by atoms with Gasteiger partial charge >= 0.3 is 0 Å². The molecule has 3 heterocycles. The van der Waals surface area contributed by atoms with Crippen molar-refractivity contribution in [2.75, 3.05) is 27.2 Å². The lowest BCUT2D eigenvalue weighted by molar-refractivity contribution is 0.0781. The SMILES string of the molecule is CN(C)[C@H]1CCN(C(=O)c2cn3c4c(cccc4c2=O)CC3)C1. The zero-order valence-corrected chi connectivity index (χ0v) is 13.6. The first-order chi connectivity index (χ1) is 11.1. The van der Waals surface area contributed by atoms with Crippen LogP contribution in [-0.4, -0.2) is 53.5 Å². The molecule has 1 saturated heterocycles. The molecule has 23 heavy (non-hydrogen) atoms. The summed E-state index contributed by atoms with van der Waals surface area (Å²) in [6.45, 7) is 2.26. The van der Waals surface area contributed by atoms with Crippen molar-refractivity contribution in [2.24, 2.45) is 0 Å². The second kappa shape index (κ2) is 5.20. The predicted molar refractivity (Wildman–Crippen MR) is 89.9 cm³/mol. The molecule has 1 aromatic carbocycles. The molecule has 0 radical (unpaired) electrons. The van der Waals surface area contributed by atoms with Gasteiger partial charge in [-0.3, -0.25) is 9.59 Å². The number of likely N-dealkylation sites (N-methyl/N-ethyl adjacent to an activating group) is 1. The van der Waals surface area contributed by atoms with Crippen molar-refractivity contribution < 1.29 is 4.79 Å². The fraction of sp³-hybridized carbons (Fsp3) is 0.444. The molecule has 0 aliphatic carbocycles. The lowest BCUT2D eigenvalue weighted by Crippen LogP contribution is -2.36. The van der Waals surface area contributed by atoms with Crippen molar-refractivity contribution in [3.8, 4) is 0 Å². The number of nitrogens with zero attached hydrogens (tertiary/aromatic N) is 3. The Balaban J connectivity index is 1.75. The third kappa shape index (κ3) is 2.18. The molecule has 0 bridgehead atoms. The summed E-state index contributed by atoms with van der Waals surface area (Å²) in [5.74, 6) is -0.123. The van der Waals surface area contributed by atoms with Gasteiger partial charge in [0.1, 0.15) is 5.56 Å². The highest BCUT2D eigenvalue weighted by Crippen LogP contribution is 2.24. The fourth-order valence-corrected chi connectivity index (χ4v) is 3.83.